The molecule has 3 N–H and O–H groups in total. The van der Waals surface area contributed by atoms with E-state index in [-0.39, 0.29) is 27.5 Å². The molecule has 0 spiro atoms. The van der Waals surface area contributed by atoms with Crippen molar-refractivity contribution >= 4 is 17.5 Å². The number of aromatic hydroxyl groups is 1. The van der Waals surface area contributed by atoms with Crippen LogP contribution in [0.5, 0.6) is 5.75 Å². The lowest BCUT2D eigenvalue weighted by Crippen LogP contribution is -2.10. The molecule has 0 bridgehead atoms. The molecule has 0 saturated carbocycles. The Hall–Kier alpha value is -2.07. The topological polar surface area (TPSA) is 63.3 Å². The first-order chi connectivity index (χ1) is 8.50. The molecule has 0 unspecified atom stereocenters. The van der Waals surface area contributed by atoms with Gasteiger partial charge in [-0.1, -0.05) is 23.7 Å². The van der Waals surface area contributed by atoms with E-state index in [1.807, 2.05) is 0 Å². The monoisotopic (exact) mass is 265 g/mol. The molecule has 1 amide bonds. The van der Waals surface area contributed by atoms with Crippen LogP contribution in [-0.4, -0.2) is 11.0 Å². The fourth-order valence-corrected chi connectivity index (χ4v) is 1.80. The lowest BCUT2D eigenvalue weighted by Gasteiger charge is -2.08. The minimum atomic E-state index is -0.664. The molecule has 18 heavy (non-hydrogen) atoms. The van der Waals surface area contributed by atoms with Crippen molar-refractivity contribution in [1.82, 2.24) is 0 Å². The second-order valence-electron chi connectivity index (χ2n) is 3.70. The molecule has 0 fully saturated rings. The molecular weight excluding hydrogens is 257 g/mol. The summed E-state index contributed by atoms with van der Waals surface area (Å²) in [7, 11) is 0. The Bertz CT molecular complexity index is 628. The summed E-state index contributed by atoms with van der Waals surface area (Å²) in [5, 5.41) is 9.76. The lowest BCUT2D eigenvalue weighted by molar-refractivity contribution is 0.1000. The van der Waals surface area contributed by atoms with Gasteiger partial charge in [0.25, 0.3) is 0 Å². The number of hydrogen-bond donors (Lipinski definition) is 2. The predicted octanol–water partition coefficient (Wildman–Crippen LogP) is 2.95. The Morgan fingerprint density at radius 3 is 2.56 bits per heavy atom. The van der Waals surface area contributed by atoms with Crippen LogP contribution in [0.2, 0.25) is 5.02 Å². The van der Waals surface area contributed by atoms with Gasteiger partial charge in [-0.25, -0.2) is 4.39 Å². The van der Waals surface area contributed by atoms with Gasteiger partial charge in [-0.05, 0) is 24.3 Å². The van der Waals surface area contributed by atoms with E-state index in [1.54, 1.807) is 6.07 Å². The van der Waals surface area contributed by atoms with Gasteiger partial charge in [-0.15, -0.1) is 0 Å². The zero-order valence-corrected chi connectivity index (χ0v) is 9.91. The van der Waals surface area contributed by atoms with Gasteiger partial charge in [0, 0.05) is 16.7 Å². The summed E-state index contributed by atoms with van der Waals surface area (Å²) in [5.74, 6) is -1.52. The maximum Gasteiger partial charge on any atom is 0.248 e. The van der Waals surface area contributed by atoms with Crippen LogP contribution in [-0.2, 0) is 0 Å². The van der Waals surface area contributed by atoms with Crippen LogP contribution in [0.25, 0.3) is 11.1 Å². The number of carbonyl (C=O) groups is 1. The third kappa shape index (κ3) is 2.15. The molecule has 0 heterocycles. The number of phenolic OH excluding ortho intramolecular Hbond substituents is 1. The van der Waals surface area contributed by atoms with Crippen LogP contribution in [0.3, 0.4) is 0 Å². The smallest absolute Gasteiger partial charge is 0.248 e. The Morgan fingerprint density at radius 2 is 1.94 bits per heavy atom. The molecule has 0 saturated heterocycles. The highest BCUT2D eigenvalue weighted by molar-refractivity contribution is 6.31. The van der Waals surface area contributed by atoms with E-state index < -0.39 is 11.7 Å². The molecule has 0 aliphatic rings. The van der Waals surface area contributed by atoms with Gasteiger partial charge in [-0.3, -0.25) is 4.79 Å². The number of hydrogen-bond acceptors (Lipinski definition) is 2. The average molecular weight is 266 g/mol. The van der Waals surface area contributed by atoms with Crippen LogP contribution >= 0.6 is 11.6 Å². The maximum atomic E-state index is 13.8. The quantitative estimate of drug-likeness (QED) is 0.877. The highest BCUT2D eigenvalue weighted by atomic mass is 35.5. The molecule has 0 atom stereocenters. The van der Waals surface area contributed by atoms with Crippen molar-refractivity contribution in [1.29, 1.82) is 0 Å². The van der Waals surface area contributed by atoms with Crippen LogP contribution in [0, 0.1) is 5.82 Å². The first-order valence-electron chi connectivity index (χ1n) is 5.08. The number of phenols is 1. The van der Waals surface area contributed by atoms with Gasteiger partial charge in [0.2, 0.25) is 5.91 Å². The summed E-state index contributed by atoms with van der Waals surface area (Å²) in [6, 6.07) is 8.50. The number of halogens is 2. The second-order valence-corrected chi connectivity index (χ2v) is 4.10. The molecule has 2 aromatic carbocycles. The van der Waals surface area contributed by atoms with Gasteiger partial charge < -0.3 is 10.8 Å². The molecule has 3 nitrogen and oxygen atoms in total. The molecule has 2 aromatic rings. The summed E-state index contributed by atoms with van der Waals surface area (Å²) in [6.07, 6.45) is 0. The minimum Gasteiger partial charge on any atom is -0.507 e. The fourth-order valence-electron chi connectivity index (χ4n) is 1.62. The first-order valence-corrected chi connectivity index (χ1v) is 5.45. The molecule has 5 heteroatoms. The van der Waals surface area contributed by atoms with E-state index in [2.05, 4.69) is 0 Å². The normalized spacial score (nSPS) is 10.3. The van der Waals surface area contributed by atoms with Crippen LogP contribution in [0.15, 0.2) is 36.4 Å². The summed E-state index contributed by atoms with van der Waals surface area (Å²) in [4.78, 5) is 10.9. The molecular formula is C13H9ClFNO2. The summed E-state index contributed by atoms with van der Waals surface area (Å²) in [6.45, 7) is 0. The van der Waals surface area contributed by atoms with Crippen LogP contribution < -0.4 is 5.73 Å². The SMILES string of the molecule is NC(=O)c1ccc(-c2cccc(Cl)c2F)c(O)c1. The largest absolute Gasteiger partial charge is 0.507 e. The van der Waals surface area contributed by atoms with Crippen molar-refractivity contribution in [2.75, 3.05) is 0 Å². The number of primary amides is 1. The van der Waals surface area contributed by atoms with Crippen molar-refractivity contribution in [2.45, 2.75) is 0 Å². The number of amides is 1. The fraction of sp³-hybridized carbons (Fsp3) is 0. The molecule has 92 valence electrons. The second kappa shape index (κ2) is 4.66. The molecule has 2 rings (SSSR count). The maximum absolute atomic E-state index is 13.8. The van der Waals surface area contributed by atoms with E-state index in [1.165, 1.54) is 30.3 Å². The van der Waals surface area contributed by atoms with Crippen molar-refractivity contribution < 1.29 is 14.3 Å². The Morgan fingerprint density at radius 1 is 1.22 bits per heavy atom. The zero-order valence-electron chi connectivity index (χ0n) is 9.15. The van der Waals surface area contributed by atoms with E-state index in [0.717, 1.165) is 0 Å². The summed E-state index contributed by atoms with van der Waals surface area (Å²) >= 11 is 5.67. The van der Waals surface area contributed by atoms with E-state index in [9.17, 15) is 14.3 Å². The van der Waals surface area contributed by atoms with Crippen LogP contribution in [0.4, 0.5) is 4.39 Å². The lowest BCUT2D eigenvalue weighted by atomic mass is 10.0. The van der Waals surface area contributed by atoms with Crippen molar-refractivity contribution in [3.63, 3.8) is 0 Å². The highest BCUT2D eigenvalue weighted by Crippen LogP contribution is 2.33. The molecule has 0 radical (unpaired) electrons. The third-order valence-electron chi connectivity index (χ3n) is 2.52. The molecule has 0 aliphatic heterocycles. The Balaban J connectivity index is 2.58. The third-order valence-corrected chi connectivity index (χ3v) is 2.82. The Kier molecular flexibility index (Phi) is 3.21. The van der Waals surface area contributed by atoms with Gasteiger partial charge >= 0.3 is 0 Å². The van der Waals surface area contributed by atoms with Crippen molar-refractivity contribution in [3.05, 3.63) is 52.8 Å². The van der Waals surface area contributed by atoms with E-state index >= 15 is 0 Å². The summed E-state index contributed by atoms with van der Waals surface area (Å²) in [5.41, 5.74) is 5.64. The molecule has 0 aromatic heterocycles. The summed E-state index contributed by atoms with van der Waals surface area (Å²) < 4.78 is 13.8. The standard InChI is InChI=1S/C13H9ClFNO2/c14-10-3-1-2-9(12(10)15)8-5-4-7(13(16)18)6-11(8)17/h1-6,17H,(H2,16,18). The highest BCUT2D eigenvalue weighted by Gasteiger charge is 2.13. The van der Waals surface area contributed by atoms with Crippen LogP contribution in [0.1, 0.15) is 10.4 Å². The predicted molar refractivity (Wildman–Crippen MR) is 67.0 cm³/mol. The minimum absolute atomic E-state index is 0.0362. The van der Waals surface area contributed by atoms with Crippen molar-refractivity contribution in [2.24, 2.45) is 5.73 Å². The first kappa shape index (κ1) is 12.4. The van der Waals surface area contributed by atoms with Gasteiger partial charge in [-0.2, -0.15) is 0 Å². The molecule has 0 aliphatic carbocycles. The number of nitrogens with two attached hydrogens (primary N) is 1. The van der Waals surface area contributed by atoms with Gasteiger partial charge in [0.15, 0.2) is 0 Å². The van der Waals surface area contributed by atoms with Crippen molar-refractivity contribution in [3.8, 4) is 16.9 Å². The zero-order chi connectivity index (χ0) is 13.3. The van der Waals surface area contributed by atoms with Gasteiger partial charge in [0.05, 0.1) is 5.02 Å². The number of rotatable bonds is 2. The van der Waals surface area contributed by atoms with E-state index in [0.29, 0.717) is 0 Å². The number of benzene rings is 2. The van der Waals surface area contributed by atoms with E-state index in [4.69, 9.17) is 17.3 Å². The Labute approximate surface area is 108 Å². The average Bonchev–Trinajstić information content (AvgIpc) is 2.33. The number of carbonyl (C=O) groups excluding carboxylic acids is 1. The van der Waals surface area contributed by atoms with Gasteiger partial charge in [0.1, 0.15) is 11.6 Å².